The lowest BCUT2D eigenvalue weighted by Crippen LogP contribution is -2.42. The first-order chi connectivity index (χ1) is 16.0. The van der Waals surface area contributed by atoms with Crippen molar-refractivity contribution in [2.24, 2.45) is 0 Å². The smallest absolute Gasteiger partial charge is 0.161 e. The number of benzene rings is 2. The minimum absolute atomic E-state index is 0.0139. The number of carbonyl (C=O) groups excluding carboxylic acids is 1. The molecule has 0 amide bonds. The molecule has 0 radical (unpaired) electrons. The highest BCUT2D eigenvalue weighted by atomic mass is 79.9. The first-order valence-electron chi connectivity index (χ1n) is 10.6. The predicted molar refractivity (Wildman–Crippen MR) is 138 cm³/mol. The van der Waals surface area contributed by atoms with E-state index in [-0.39, 0.29) is 17.4 Å². The maximum absolute atomic E-state index is 13.4. The Bertz CT molecular complexity index is 1310. The largest absolute Gasteiger partial charge is 0.507 e. The normalized spacial score (nSPS) is 20.2. The zero-order valence-electron chi connectivity index (χ0n) is 17.5. The van der Waals surface area contributed by atoms with Crippen LogP contribution in [-0.2, 0) is 4.79 Å². The molecule has 2 heterocycles. The lowest BCUT2D eigenvalue weighted by atomic mass is 9.76. The molecule has 1 atom stereocenters. The number of carbonyl (C=O) groups is 1. The van der Waals surface area contributed by atoms with E-state index < -0.39 is 5.92 Å². The van der Waals surface area contributed by atoms with Crippen molar-refractivity contribution in [1.82, 2.24) is 0 Å². The highest BCUT2D eigenvalue weighted by molar-refractivity contribution is 9.10. The summed E-state index contributed by atoms with van der Waals surface area (Å²) in [7, 11) is 0. The first kappa shape index (κ1) is 22.1. The minimum Gasteiger partial charge on any atom is -0.507 e. The van der Waals surface area contributed by atoms with Gasteiger partial charge in [0.05, 0.1) is 11.5 Å². The Morgan fingerprint density at radius 2 is 1.91 bits per heavy atom. The van der Waals surface area contributed by atoms with Crippen LogP contribution in [0.2, 0.25) is 5.02 Å². The van der Waals surface area contributed by atoms with Crippen LogP contribution in [0.25, 0.3) is 5.76 Å². The topological polar surface area (TPSA) is 64.4 Å². The number of anilines is 1. The average molecular weight is 540 g/mol. The highest BCUT2D eigenvalue weighted by Gasteiger charge is 2.43. The molecule has 0 fully saturated rings. The van der Waals surface area contributed by atoms with Crippen molar-refractivity contribution in [2.45, 2.75) is 25.2 Å². The number of Topliss-reactive ketones (excluding diaryl/α,β-unsaturated/α-hetero) is 1. The monoisotopic (exact) mass is 538 g/mol. The number of allylic oxidation sites excluding steroid dienone is 2. The summed E-state index contributed by atoms with van der Waals surface area (Å²) in [5.41, 5.74) is 3.29. The Morgan fingerprint density at radius 1 is 1.12 bits per heavy atom. The van der Waals surface area contributed by atoms with E-state index in [2.05, 4.69) is 15.9 Å². The van der Waals surface area contributed by atoms with Crippen molar-refractivity contribution >= 4 is 61.9 Å². The van der Waals surface area contributed by atoms with Gasteiger partial charge in [-0.15, -0.1) is 11.3 Å². The Hall–Kier alpha value is -2.67. The Labute approximate surface area is 209 Å². The number of halogens is 2. The van der Waals surface area contributed by atoms with Crippen molar-refractivity contribution in [1.29, 1.82) is 5.41 Å². The van der Waals surface area contributed by atoms with E-state index in [1.54, 1.807) is 24.3 Å². The van der Waals surface area contributed by atoms with Crippen molar-refractivity contribution in [3.05, 3.63) is 103 Å². The number of aliphatic hydroxyl groups excluding tert-OH is 1. The molecule has 0 bridgehead atoms. The van der Waals surface area contributed by atoms with Gasteiger partial charge in [0.2, 0.25) is 0 Å². The molecule has 166 valence electrons. The summed E-state index contributed by atoms with van der Waals surface area (Å²) >= 11 is 11.1. The number of hydrogen-bond acceptors (Lipinski definition) is 4. The van der Waals surface area contributed by atoms with Crippen LogP contribution in [0, 0.1) is 5.41 Å². The van der Waals surface area contributed by atoms with E-state index in [9.17, 15) is 15.3 Å². The van der Waals surface area contributed by atoms with E-state index in [1.165, 1.54) is 11.3 Å². The molecule has 0 saturated carbocycles. The van der Waals surface area contributed by atoms with E-state index in [4.69, 9.17) is 11.6 Å². The maximum Gasteiger partial charge on any atom is 0.161 e. The molecule has 1 aliphatic carbocycles. The third-order valence-electron chi connectivity index (χ3n) is 6.02. The van der Waals surface area contributed by atoms with Gasteiger partial charge in [-0.25, -0.2) is 0 Å². The molecule has 2 aromatic carbocycles. The fourth-order valence-corrected chi connectivity index (χ4v) is 5.95. The number of thiophene rings is 1. The van der Waals surface area contributed by atoms with Crippen LogP contribution < -0.4 is 4.90 Å². The molecular formula is C26H20BrClN2O2S. The highest BCUT2D eigenvalue weighted by Crippen LogP contribution is 2.49. The van der Waals surface area contributed by atoms with E-state index in [0.717, 1.165) is 27.2 Å². The Balaban J connectivity index is 1.81. The molecule has 33 heavy (non-hydrogen) atoms. The number of hydrogen-bond donors (Lipinski definition) is 2. The van der Waals surface area contributed by atoms with E-state index >= 15 is 0 Å². The van der Waals surface area contributed by atoms with E-state index in [0.29, 0.717) is 34.6 Å². The van der Waals surface area contributed by atoms with Crippen molar-refractivity contribution in [3.8, 4) is 0 Å². The third-order valence-corrected chi connectivity index (χ3v) is 7.70. The molecule has 1 unspecified atom stereocenters. The molecule has 2 N–H and O–H groups in total. The van der Waals surface area contributed by atoms with Gasteiger partial charge in [0.25, 0.3) is 0 Å². The number of nitrogens with one attached hydrogen (secondary N) is 1. The van der Waals surface area contributed by atoms with Crippen LogP contribution in [0.3, 0.4) is 0 Å². The molecule has 7 heteroatoms. The predicted octanol–water partition coefficient (Wildman–Crippen LogP) is 7.72. The molecule has 2 aliphatic rings. The molecule has 5 rings (SSSR count). The molecule has 4 nitrogen and oxygen atoms in total. The number of nitrogens with zero attached hydrogens (tertiary/aromatic N) is 1. The summed E-state index contributed by atoms with van der Waals surface area (Å²) in [4.78, 5) is 16.1. The maximum atomic E-state index is 13.4. The fourth-order valence-electron chi connectivity index (χ4n) is 4.60. The molecule has 3 aromatic rings. The Morgan fingerprint density at radius 3 is 2.61 bits per heavy atom. The number of aliphatic hydroxyl groups is 1. The second-order valence-electron chi connectivity index (χ2n) is 8.02. The second-order valence-corrected chi connectivity index (χ2v) is 10.3. The van der Waals surface area contributed by atoms with Gasteiger partial charge in [-0.1, -0.05) is 39.7 Å². The van der Waals surface area contributed by atoms with Gasteiger partial charge in [-0.3, -0.25) is 15.1 Å². The summed E-state index contributed by atoms with van der Waals surface area (Å²) < 4.78 is 0.880. The van der Waals surface area contributed by atoms with Gasteiger partial charge < -0.3 is 5.11 Å². The van der Waals surface area contributed by atoms with Crippen molar-refractivity contribution in [3.63, 3.8) is 0 Å². The van der Waals surface area contributed by atoms with Gasteiger partial charge in [0, 0.05) is 43.3 Å². The van der Waals surface area contributed by atoms with Crippen molar-refractivity contribution < 1.29 is 9.90 Å². The van der Waals surface area contributed by atoms with Crippen LogP contribution in [0.15, 0.2) is 87.4 Å². The first-order valence-corrected chi connectivity index (χ1v) is 12.6. The average Bonchev–Trinajstić information content (AvgIpc) is 3.33. The second kappa shape index (κ2) is 8.93. The lowest BCUT2D eigenvalue weighted by molar-refractivity contribution is -0.116. The molecular weight excluding hydrogens is 520 g/mol. The molecule has 0 spiro atoms. The van der Waals surface area contributed by atoms with Gasteiger partial charge >= 0.3 is 0 Å². The van der Waals surface area contributed by atoms with Crippen LogP contribution in [0.1, 0.15) is 35.6 Å². The quantitative estimate of drug-likeness (QED) is 0.335. The van der Waals surface area contributed by atoms with Crippen molar-refractivity contribution in [2.75, 3.05) is 4.90 Å². The molecule has 0 saturated heterocycles. The van der Waals surface area contributed by atoms with Gasteiger partial charge in [0.1, 0.15) is 11.6 Å². The summed E-state index contributed by atoms with van der Waals surface area (Å²) in [6.07, 6.45) is 1.91. The van der Waals surface area contributed by atoms with Gasteiger partial charge in [-0.2, -0.15) is 0 Å². The van der Waals surface area contributed by atoms with E-state index in [1.807, 2.05) is 46.7 Å². The summed E-state index contributed by atoms with van der Waals surface area (Å²) in [6, 6.07) is 18.5. The lowest BCUT2D eigenvalue weighted by Gasteiger charge is -2.41. The van der Waals surface area contributed by atoms with Crippen LogP contribution in [0.4, 0.5) is 5.69 Å². The summed E-state index contributed by atoms with van der Waals surface area (Å²) in [5, 5.41) is 23.3. The van der Waals surface area contributed by atoms with Gasteiger partial charge in [0.15, 0.2) is 5.78 Å². The minimum atomic E-state index is -0.487. The summed E-state index contributed by atoms with van der Waals surface area (Å²) in [5.74, 6) is -0.254. The zero-order chi connectivity index (χ0) is 23.1. The molecule has 1 aliphatic heterocycles. The number of rotatable bonds is 3. The zero-order valence-corrected chi connectivity index (χ0v) is 20.7. The number of amidine groups is 1. The fraction of sp³-hybridized carbons (Fsp3) is 0.154. The summed E-state index contributed by atoms with van der Waals surface area (Å²) in [6.45, 7) is 0. The van der Waals surface area contributed by atoms with Crippen LogP contribution in [0.5, 0.6) is 0 Å². The number of ketones is 1. The third kappa shape index (κ3) is 3.97. The van der Waals surface area contributed by atoms with Crippen LogP contribution in [-0.4, -0.2) is 16.7 Å². The SMILES string of the molecule is N=C1/C(=C(/O)c2ccc(Cl)cc2)C(c2cccs2)C2=C(CCCC2=O)N1c1cccc(Br)c1. The Kier molecular flexibility index (Phi) is 5.99. The van der Waals surface area contributed by atoms with Gasteiger partial charge in [-0.05, 0) is 66.8 Å². The van der Waals surface area contributed by atoms with Crippen LogP contribution >= 0.6 is 38.9 Å². The molecule has 1 aromatic heterocycles. The standard InChI is InChI=1S/C26H20BrClN2O2S/c27-16-4-1-5-18(14-16)30-19-6-2-7-20(31)22(19)23(21-8-3-13-33-21)24(26(30)29)25(32)15-9-11-17(28)12-10-15/h1,3-5,8-14,23,29,32H,2,6-7H2/b25-24+,29-26?.